The van der Waals surface area contributed by atoms with Crippen molar-refractivity contribution in [3.05, 3.63) is 29.3 Å². The minimum atomic E-state index is -3.24. The van der Waals surface area contributed by atoms with Gasteiger partial charge in [-0.05, 0) is 39.4 Å². The molecule has 1 atom stereocenters. The standard InChI is InChI=1S/C10H13F2O2P/c1-7-3-4-9(14-10(11,12)15)5-8(7)6-13-2/h3-5H,6,15H2,1-2H3. The van der Waals surface area contributed by atoms with Gasteiger partial charge >= 0.3 is 5.85 Å². The quantitative estimate of drug-likeness (QED) is 0.746. The fraction of sp³-hybridized carbons (Fsp3) is 0.400. The lowest BCUT2D eigenvalue weighted by Gasteiger charge is -2.14. The normalized spacial score (nSPS) is 11.5. The molecule has 0 N–H and O–H groups in total. The average molecular weight is 234 g/mol. The van der Waals surface area contributed by atoms with Crippen molar-refractivity contribution in [2.45, 2.75) is 19.4 Å². The maximum Gasteiger partial charge on any atom is 0.408 e. The van der Waals surface area contributed by atoms with Crippen LogP contribution in [0.2, 0.25) is 0 Å². The first-order valence-electron chi connectivity index (χ1n) is 4.36. The molecule has 1 unspecified atom stereocenters. The Bertz CT molecular complexity index is 337. The van der Waals surface area contributed by atoms with Crippen LogP contribution < -0.4 is 4.74 Å². The Morgan fingerprint density at radius 1 is 1.40 bits per heavy atom. The first kappa shape index (κ1) is 12.3. The third kappa shape index (κ3) is 4.10. The summed E-state index contributed by atoms with van der Waals surface area (Å²) in [4.78, 5) is 0. The predicted octanol–water partition coefficient (Wildman–Crippen LogP) is 2.95. The topological polar surface area (TPSA) is 18.5 Å². The van der Waals surface area contributed by atoms with Gasteiger partial charge in [0.05, 0.1) is 6.61 Å². The molecular weight excluding hydrogens is 221 g/mol. The van der Waals surface area contributed by atoms with Gasteiger partial charge < -0.3 is 9.47 Å². The predicted molar refractivity (Wildman–Crippen MR) is 57.2 cm³/mol. The van der Waals surface area contributed by atoms with Gasteiger partial charge in [-0.15, -0.1) is 0 Å². The third-order valence-electron chi connectivity index (χ3n) is 1.87. The average Bonchev–Trinajstić information content (AvgIpc) is 2.09. The van der Waals surface area contributed by atoms with Gasteiger partial charge in [0.1, 0.15) is 5.75 Å². The van der Waals surface area contributed by atoms with E-state index in [2.05, 4.69) is 4.74 Å². The molecule has 0 aliphatic carbocycles. The Hall–Kier alpha value is -0.730. The lowest BCUT2D eigenvalue weighted by Crippen LogP contribution is -2.15. The molecule has 0 spiro atoms. The third-order valence-corrected chi connectivity index (χ3v) is 1.99. The number of hydrogen-bond acceptors (Lipinski definition) is 2. The van der Waals surface area contributed by atoms with Gasteiger partial charge in [-0.2, -0.15) is 8.78 Å². The van der Waals surface area contributed by atoms with Gasteiger partial charge in [0.2, 0.25) is 0 Å². The molecule has 0 aromatic heterocycles. The fourth-order valence-electron chi connectivity index (χ4n) is 1.18. The number of methoxy groups -OCH3 is 1. The Balaban J connectivity index is 2.87. The van der Waals surface area contributed by atoms with Crippen LogP contribution in [0.4, 0.5) is 8.78 Å². The Labute approximate surface area is 89.8 Å². The van der Waals surface area contributed by atoms with Crippen LogP contribution >= 0.6 is 9.24 Å². The molecule has 2 nitrogen and oxygen atoms in total. The molecule has 0 aliphatic heterocycles. The van der Waals surface area contributed by atoms with Gasteiger partial charge in [0.25, 0.3) is 0 Å². The van der Waals surface area contributed by atoms with E-state index in [1.807, 2.05) is 6.92 Å². The molecule has 0 saturated heterocycles. The highest BCUT2D eigenvalue weighted by Crippen LogP contribution is 2.28. The SMILES string of the molecule is COCc1cc(OC(F)(F)P)ccc1C. The molecule has 0 saturated carbocycles. The molecule has 0 heterocycles. The van der Waals surface area contributed by atoms with Crippen LogP contribution in [0.5, 0.6) is 5.75 Å². The zero-order valence-electron chi connectivity index (χ0n) is 8.59. The molecule has 0 amide bonds. The summed E-state index contributed by atoms with van der Waals surface area (Å²) in [5, 5.41) is 0. The van der Waals surface area contributed by atoms with Crippen molar-refractivity contribution in [2.24, 2.45) is 0 Å². The molecule has 0 aliphatic rings. The first-order valence-corrected chi connectivity index (χ1v) is 4.94. The molecule has 1 rings (SSSR count). The first-order chi connectivity index (χ1) is 6.92. The Morgan fingerprint density at radius 2 is 2.07 bits per heavy atom. The highest BCUT2D eigenvalue weighted by Gasteiger charge is 2.23. The number of benzene rings is 1. The fourth-order valence-corrected chi connectivity index (χ4v) is 1.32. The second kappa shape index (κ2) is 4.86. The number of halogens is 2. The molecule has 0 radical (unpaired) electrons. The molecule has 84 valence electrons. The maximum atomic E-state index is 12.5. The molecule has 0 bridgehead atoms. The van der Waals surface area contributed by atoms with Crippen LogP contribution in [0.3, 0.4) is 0 Å². The number of hydrogen-bond donors (Lipinski definition) is 0. The maximum absolute atomic E-state index is 12.5. The summed E-state index contributed by atoms with van der Waals surface area (Å²) >= 11 is 0. The lowest BCUT2D eigenvalue weighted by molar-refractivity contribution is -0.0893. The van der Waals surface area contributed by atoms with E-state index in [0.29, 0.717) is 6.61 Å². The summed E-state index contributed by atoms with van der Waals surface area (Å²) in [5.41, 5.74) is 1.82. The van der Waals surface area contributed by atoms with Crippen molar-refractivity contribution in [1.29, 1.82) is 0 Å². The summed E-state index contributed by atoms with van der Waals surface area (Å²) in [6.07, 6.45) is 0. The zero-order valence-corrected chi connectivity index (χ0v) is 9.74. The van der Waals surface area contributed by atoms with Crippen LogP contribution in [0.1, 0.15) is 11.1 Å². The van der Waals surface area contributed by atoms with Crippen molar-refractivity contribution in [3.8, 4) is 5.75 Å². The highest BCUT2D eigenvalue weighted by atomic mass is 31.0. The number of aryl methyl sites for hydroxylation is 1. The summed E-state index contributed by atoms with van der Waals surface area (Å²) in [6.45, 7) is 2.27. The van der Waals surface area contributed by atoms with Gasteiger partial charge in [-0.25, -0.2) is 0 Å². The summed E-state index contributed by atoms with van der Waals surface area (Å²) < 4.78 is 34.4. The Kier molecular flexibility index (Phi) is 4.00. The monoisotopic (exact) mass is 234 g/mol. The summed E-state index contributed by atoms with van der Waals surface area (Å²) in [5.74, 6) is -3.10. The number of rotatable bonds is 4. The van der Waals surface area contributed by atoms with E-state index >= 15 is 0 Å². The van der Waals surface area contributed by atoms with E-state index in [9.17, 15) is 8.78 Å². The Morgan fingerprint density at radius 3 is 2.60 bits per heavy atom. The minimum Gasteiger partial charge on any atom is -0.430 e. The minimum absolute atomic E-state index is 0.132. The number of alkyl halides is 2. The van der Waals surface area contributed by atoms with E-state index < -0.39 is 5.85 Å². The lowest BCUT2D eigenvalue weighted by atomic mass is 10.1. The molecule has 0 fully saturated rings. The van der Waals surface area contributed by atoms with Gasteiger partial charge in [-0.1, -0.05) is 6.07 Å². The van der Waals surface area contributed by atoms with Crippen molar-refractivity contribution < 1.29 is 18.3 Å². The second-order valence-corrected chi connectivity index (χ2v) is 3.86. The van der Waals surface area contributed by atoms with E-state index in [-0.39, 0.29) is 5.75 Å². The smallest absolute Gasteiger partial charge is 0.408 e. The van der Waals surface area contributed by atoms with E-state index in [0.717, 1.165) is 11.1 Å². The van der Waals surface area contributed by atoms with E-state index in [4.69, 9.17) is 4.74 Å². The van der Waals surface area contributed by atoms with Crippen LogP contribution in [0, 0.1) is 6.92 Å². The molecule has 1 aromatic carbocycles. The summed E-state index contributed by atoms with van der Waals surface area (Å²) in [7, 11) is 2.89. The van der Waals surface area contributed by atoms with Crippen LogP contribution in [0.25, 0.3) is 0 Å². The van der Waals surface area contributed by atoms with E-state index in [1.165, 1.54) is 15.3 Å². The highest BCUT2D eigenvalue weighted by molar-refractivity contribution is 7.17. The van der Waals surface area contributed by atoms with Crippen LogP contribution in [-0.4, -0.2) is 13.0 Å². The second-order valence-electron chi connectivity index (χ2n) is 3.19. The molecule has 5 heteroatoms. The van der Waals surface area contributed by atoms with Gasteiger partial charge in [0.15, 0.2) is 0 Å². The number of ether oxygens (including phenoxy) is 2. The largest absolute Gasteiger partial charge is 0.430 e. The van der Waals surface area contributed by atoms with Crippen molar-refractivity contribution in [1.82, 2.24) is 0 Å². The van der Waals surface area contributed by atoms with E-state index in [1.54, 1.807) is 19.2 Å². The van der Waals surface area contributed by atoms with Gasteiger partial charge in [-0.3, -0.25) is 0 Å². The van der Waals surface area contributed by atoms with Gasteiger partial charge in [0, 0.05) is 7.11 Å². The van der Waals surface area contributed by atoms with Crippen LogP contribution in [0.15, 0.2) is 18.2 Å². The zero-order chi connectivity index (χ0) is 11.5. The van der Waals surface area contributed by atoms with Crippen LogP contribution in [-0.2, 0) is 11.3 Å². The van der Waals surface area contributed by atoms with Crippen molar-refractivity contribution >= 4 is 9.24 Å². The van der Waals surface area contributed by atoms with Crippen molar-refractivity contribution in [3.63, 3.8) is 0 Å². The van der Waals surface area contributed by atoms with Crippen molar-refractivity contribution in [2.75, 3.05) is 7.11 Å². The summed E-state index contributed by atoms with van der Waals surface area (Å²) in [6, 6.07) is 4.78. The molecular formula is C10H13F2O2P. The molecule has 15 heavy (non-hydrogen) atoms. The molecule has 1 aromatic rings.